The molecule has 4 heteroatoms. The van der Waals surface area contributed by atoms with Gasteiger partial charge in [-0.3, -0.25) is 0 Å². The molecule has 1 heterocycles. The first-order valence-corrected chi connectivity index (χ1v) is 7.44. The summed E-state index contributed by atoms with van der Waals surface area (Å²) in [6.45, 7) is 8.92. The van der Waals surface area contributed by atoms with Crippen molar-refractivity contribution in [2.45, 2.75) is 13.5 Å². The molecule has 1 saturated heterocycles. The number of halogens is 1. The maximum absolute atomic E-state index is 3.58. The fourth-order valence-corrected chi connectivity index (χ4v) is 2.83. The molecule has 0 aliphatic carbocycles. The van der Waals surface area contributed by atoms with Crippen LogP contribution in [0, 0.1) is 0 Å². The molecule has 18 heavy (non-hydrogen) atoms. The fourth-order valence-electron chi connectivity index (χ4n) is 2.48. The van der Waals surface area contributed by atoms with Gasteiger partial charge >= 0.3 is 0 Å². The highest BCUT2D eigenvalue weighted by atomic mass is 79.9. The second kappa shape index (κ2) is 6.55. The van der Waals surface area contributed by atoms with Crippen LogP contribution in [0.4, 0.5) is 5.69 Å². The van der Waals surface area contributed by atoms with Crippen LogP contribution in [0.1, 0.15) is 12.5 Å². The third kappa shape index (κ3) is 3.25. The minimum absolute atomic E-state index is 0.927. The van der Waals surface area contributed by atoms with E-state index in [1.165, 1.54) is 24.3 Å². The van der Waals surface area contributed by atoms with E-state index < -0.39 is 0 Å². The third-order valence-electron chi connectivity index (χ3n) is 3.57. The predicted octanol–water partition coefficient (Wildman–Crippen LogP) is 2.31. The van der Waals surface area contributed by atoms with E-state index in [1.807, 2.05) is 7.05 Å². The lowest BCUT2D eigenvalue weighted by Gasteiger charge is -2.36. The summed E-state index contributed by atoms with van der Waals surface area (Å²) in [4.78, 5) is 5.01. The molecule has 1 fully saturated rings. The molecule has 0 spiro atoms. The maximum Gasteiger partial charge on any atom is 0.0424 e. The molecule has 0 amide bonds. The van der Waals surface area contributed by atoms with Crippen LogP contribution in [-0.4, -0.2) is 44.7 Å². The van der Waals surface area contributed by atoms with Crippen LogP contribution in [0.25, 0.3) is 0 Å². The third-order valence-corrected chi connectivity index (χ3v) is 4.07. The van der Waals surface area contributed by atoms with Crippen LogP contribution >= 0.6 is 15.9 Å². The number of likely N-dealkylation sites (N-methyl/N-ethyl adjacent to an activating group) is 1. The Morgan fingerprint density at radius 2 is 1.94 bits per heavy atom. The Morgan fingerprint density at radius 3 is 2.56 bits per heavy atom. The van der Waals surface area contributed by atoms with E-state index in [0.717, 1.165) is 30.7 Å². The zero-order chi connectivity index (χ0) is 13.0. The summed E-state index contributed by atoms with van der Waals surface area (Å²) in [5.74, 6) is 0. The van der Waals surface area contributed by atoms with E-state index in [0.29, 0.717) is 0 Å². The van der Waals surface area contributed by atoms with Crippen LogP contribution in [0.2, 0.25) is 0 Å². The zero-order valence-electron chi connectivity index (χ0n) is 11.2. The maximum atomic E-state index is 3.58. The minimum atomic E-state index is 0.927. The first-order chi connectivity index (χ1) is 8.74. The summed E-state index contributed by atoms with van der Waals surface area (Å²) >= 11 is 3.58. The zero-order valence-corrected chi connectivity index (χ0v) is 12.8. The molecular formula is C14H22BrN3. The van der Waals surface area contributed by atoms with Crippen molar-refractivity contribution >= 4 is 21.6 Å². The number of hydrogen-bond acceptors (Lipinski definition) is 3. The summed E-state index contributed by atoms with van der Waals surface area (Å²) in [6, 6.07) is 6.58. The van der Waals surface area contributed by atoms with Crippen molar-refractivity contribution < 1.29 is 0 Å². The smallest absolute Gasteiger partial charge is 0.0424 e. The predicted molar refractivity (Wildman–Crippen MR) is 81.2 cm³/mol. The van der Waals surface area contributed by atoms with Crippen molar-refractivity contribution in [3.8, 4) is 0 Å². The Morgan fingerprint density at radius 1 is 1.22 bits per heavy atom. The molecule has 3 nitrogen and oxygen atoms in total. The van der Waals surface area contributed by atoms with Crippen molar-refractivity contribution in [1.82, 2.24) is 10.2 Å². The van der Waals surface area contributed by atoms with Crippen LogP contribution in [0.15, 0.2) is 22.7 Å². The first kappa shape index (κ1) is 13.8. The quantitative estimate of drug-likeness (QED) is 0.920. The number of hydrogen-bond donors (Lipinski definition) is 1. The topological polar surface area (TPSA) is 18.5 Å². The number of nitrogens with zero attached hydrogens (tertiary/aromatic N) is 2. The van der Waals surface area contributed by atoms with E-state index in [1.54, 1.807) is 0 Å². The van der Waals surface area contributed by atoms with Gasteiger partial charge in [-0.15, -0.1) is 0 Å². The molecule has 0 atom stereocenters. The Kier molecular flexibility index (Phi) is 5.03. The van der Waals surface area contributed by atoms with Crippen LogP contribution in [0.5, 0.6) is 0 Å². The van der Waals surface area contributed by atoms with Crippen LogP contribution in [0.3, 0.4) is 0 Å². The molecule has 1 aliphatic heterocycles. The van der Waals surface area contributed by atoms with Gasteiger partial charge in [0, 0.05) is 42.9 Å². The molecule has 0 unspecified atom stereocenters. The Hall–Kier alpha value is -0.580. The molecule has 100 valence electrons. The molecule has 0 bridgehead atoms. The second-order valence-electron chi connectivity index (χ2n) is 4.72. The number of rotatable bonds is 4. The lowest BCUT2D eigenvalue weighted by molar-refractivity contribution is 0.271. The molecule has 1 aromatic carbocycles. The van der Waals surface area contributed by atoms with E-state index in [4.69, 9.17) is 0 Å². The first-order valence-electron chi connectivity index (χ1n) is 6.65. The van der Waals surface area contributed by atoms with Gasteiger partial charge in [0.15, 0.2) is 0 Å². The number of anilines is 1. The molecule has 0 saturated carbocycles. The molecule has 0 radical (unpaired) electrons. The lowest BCUT2D eigenvalue weighted by atomic mass is 10.1. The molecule has 1 aliphatic rings. The minimum Gasteiger partial charge on any atom is -0.369 e. The van der Waals surface area contributed by atoms with Crippen molar-refractivity contribution in [1.29, 1.82) is 0 Å². The molecule has 2 rings (SSSR count). The van der Waals surface area contributed by atoms with Crippen molar-refractivity contribution in [2.75, 3.05) is 44.7 Å². The Bertz CT molecular complexity index is 387. The summed E-state index contributed by atoms with van der Waals surface area (Å²) in [5.41, 5.74) is 2.75. The Labute approximate surface area is 118 Å². The van der Waals surface area contributed by atoms with Gasteiger partial charge in [-0.25, -0.2) is 0 Å². The molecule has 1 N–H and O–H groups in total. The number of piperazine rings is 1. The van der Waals surface area contributed by atoms with Crippen molar-refractivity contribution in [3.05, 3.63) is 28.2 Å². The van der Waals surface area contributed by atoms with Gasteiger partial charge in [0.2, 0.25) is 0 Å². The Balaban J connectivity index is 2.14. The van der Waals surface area contributed by atoms with Gasteiger partial charge in [-0.05, 0) is 31.3 Å². The highest BCUT2D eigenvalue weighted by Crippen LogP contribution is 2.26. The van der Waals surface area contributed by atoms with Gasteiger partial charge in [-0.2, -0.15) is 0 Å². The highest BCUT2D eigenvalue weighted by molar-refractivity contribution is 9.10. The van der Waals surface area contributed by atoms with Gasteiger partial charge in [0.05, 0.1) is 0 Å². The largest absolute Gasteiger partial charge is 0.369 e. The monoisotopic (exact) mass is 311 g/mol. The van der Waals surface area contributed by atoms with E-state index in [9.17, 15) is 0 Å². The average molecular weight is 312 g/mol. The molecular weight excluding hydrogens is 290 g/mol. The summed E-state index contributed by atoms with van der Waals surface area (Å²) in [5, 5.41) is 3.25. The van der Waals surface area contributed by atoms with Crippen LogP contribution in [-0.2, 0) is 6.54 Å². The lowest BCUT2D eigenvalue weighted by Crippen LogP contribution is -2.46. The molecule has 1 aromatic rings. The number of nitrogens with one attached hydrogen (secondary N) is 1. The van der Waals surface area contributed by atoms with E-state index in [2.05, 4.69) is 56.2 Å². The van der Waals surface area contributed by atoms with E-state index in [-0.39, 0.29) is 0 Å². The fraction of sp³-hybridized carbons (Fsp3) is 0.571. The SMILES string of the molecule is CCN1CCN(c2cc(Br)ccc2CNC)CC1. The summed E-state index contributed by atoms with van der Waals surface area (Å²) in [7, 11) is 2.00. The van der Waals surface area contributed by atoms with Crippen LogP contribution < -0.4 is 10.2 Å². The average Bonchev–Trinajstić information content (AvgIpc) is 2.41. The summed E-state index contributed by atoms with van der Waals surface area (Å²) < 4.78 is 1.16. The van der Waals surface area contributed by atoms with Gasteiger partial charge in [0.25, 0.3) is 0 Å². The standard InChI is InChI=1S/C14H22BrN3/c1-3-17-6-8-18(9-7-17)14-10-13(15)5-4-12(14)11-16-2/h4-5,10,16H,3,6-9,11H2,1-2H3. The van der Waals surface area contributed by atoms with Gasteiger partial charge in [0.1, 0.15) is 0 Å². The van der Waals surface area contributed by atoms with Crippen molar-refractivity contribution in [3.63, 3.8) is 0 Å². The van der Waals surface area contributed by atoms with Gasteiger partial charge in [-0.1, -0.05) is 28.9 Å². The van der Waals surface area contributed by atoms with E-state index >= 15 is 0 Å². The normalized spacial score (nSPS) is 17.2. The van der Waals surface area contributed by atoms with Crippen molar-refractivity contribution in [2.24, 2.45) is 0 Å². The number of benzene rings is 1. The second-order valence-corrected chi connectivity index (χ2v) is 5.64. The highest BCUT2D eigenvalue weighted by Gasteiger charge is 2.18. The molecule has 0 aromatic heterocycles. The van der Waals surface area contributed by atoms with Gasteiger partial charge < -0.3 is 15.1 Å². The summed E-state index contributed by atoms with van der Waals surface area (Å²) in [6.07, 6.45) is 0.